The summed E-state index contributed by atoms with van der Waals surface area (Å²) in [4.78, 5) is 38.1. The summed E-state index contributed by atoms with van der Waals surface area (Å²) in [6, 6.07) is 0. The maximum atomic E-state index is 12.9. The zero-order chi connectivity index (χ0) is 64.1. The third kappa shape index (κ3) is 72.8. The van der Waals surface area contributed by atoms with Crippen LogP contribution in [0.2, 0.25) is 0 Å². The average molecular weight is 1260 g/mol. The Morgan fingerprint density at radius 3 is 0.977 bits per heavy atom. The fourth-order valence-corrected chi connectivity index (χ4v) is 12.0. The Morgan fingerprint density at radius 1 is 0.364 bits per heavy atom. The molecule has 0 saturated heterocycles. The topological polar surface area (TPSA) is 111 Å². The van der Waals surface area contributed by atoms with E-state index in [9.17, 15) is 19.0 Å². The number of ether oxygens (including phenoxy) is 2. The summed E-state index contributed by atoms with van der Waals surface area (Å²) in [6.07, 6.45) is 91.9. The van der Waals surface area contributed by atoms with Crippen molar-refractivity contribution in [1.82, 2.24) is 0 Å². The highest BCUT2D eigenvalue weighted by atomic mass is 31.2. The predicted octanol–water partition coefficient (Wildman–Crippen LogP) is 24.3. The molecule has 0 amide bonds. The molecule has 0 N–H and O–H groups in total. The summed E-state index contributed by atoms with van der Waals surface area (Å²) in [6.45, 7) is 4.19. The first-order valence-electron chi connectivity index (χ1n) is 38.0. The average Bonchev–Trinajstić information content (AvgIpc) is 3.57. The molecule has 2 atom stereocenters. The Labute approximate surface area is 546 Å². The quantitative estimate of drug-likeness (QED) is 0.0195. The van der Waals surface area contributed by atoms with Crippen LogP contribution < -0.4 is 4.89 Å². The molecule has 0 radical (unpaired) electrons. The van der Waals surface area contributed by atoms with Crippen molar-refractivity contribution in [2.45, 2.75) is 380 Å². The first-order chi connectivity index (χ1) is 43.0. The standard InChI is InChI=1S/C78H146NO8P/c1-6-8-10-12-14-16-18-20-22-24-26-28-30-32-34-36-37-38-39-40-41-43-45-47-49-51-53-55-57-59-61-63-65-67-69-71-78(81)87-76(75-86-88(82,83)85-73-72-79(3,4)5)74-84-77(80)70-68-66-64-62-60-58-56-54-52-50-48-46-44-42-35-33-31-29-27-25-23-21-19-17-15-13-11-9-7-2/h8,10,14,16,20,22,25-28,76H,6-7,9,11-13,15,17-19,21,23-24,29-75H2,1-5H3/b10-8-,16-14-,22-20-,27-25-,28-26-. The van der Waals surface area contributed by atoms with E-state index >= 15 is 0 Å². The number of likely N-dealkylation sites (N-methyl/N-ethyl adjacent to an activating group) is 1. The molecule has 2 unspecified atom stereocenters. The molecule has 0 spiro atoms. The Bertz CT molecular complexity index is 1670. The smallest absolute Gasteiger partial charge is 0.306 e. The number of quaternary nitrogens is 1. The van der Waals surface area contributed by atoms with Gasteiger partial charge in [-0.25, -0.2) is 0 Å². The van der Waals surface area contributed by atoms with Gasteiger partial charge >= 0.3 is 11.9 Å². The van der Waals surface area contributed by atoms with Crippen molar-refractivity contribution in [1.29, 1.82) is 0 Å². The van der Waals surface area contributed by atoms with Gasteiger partial charge in [-0.05, 0) is 77.0 Å². The molecule has 0 aromatic heterocycles. The lowest BCUT2D eigenvalue weighted by Crippen LogP contribution is -2.37. The van der Waals surface area contributed by atoms with E-state index < -0.39 is 26.5 Å². The molecule has 0 aliphatic rings. The Kier molecular flexibility index (Phi) is 67.3. The zero-order valence-corrected chi connectivity index (χ0v) is 59.8. The number of hydrogen-bond acceptors (Lipinski definition) is 8. The second-order valence-corrected chi connectivity index (χ2v) is 28.4. The van der Waals surface area contributed by atoms with E-state index in [1.54, 1.807) is 0 Å². The van der Waals surface area contributed by atoms with Crippen molar-refractivity contribution >= 4 is 19.8 Å². The number of phosphoric acid groups is 1. The van der Waals surface area contributed by atoms with Gasteiger partial charge in [-0.2, -0.15) is 0 Å². The van der Waals surface area contributed by atoms with Crippen LogP contribution in [0.25, 0.3) is 0 Å². The van der Waals surface area contributed by atoms with Crippen LogP contribution in [0.1, 0.15) is 373 Å². The lowest BCUT2D eigenvalue weighted by Gasteiger charge is -2.28. The van der Waals surface area contributed by atoms with Gasteiger partial charge in [0.2, 0.25) is 0 Å². The molecule has 0 aromatic carbocycles. The first-order valence-corrected chi connectivity index (χ1v) is 39.5. The summed E-state index contributed by atoms with van der Waals surface area (Å²) < 4.78 is 34.4. The minimum absolute atomic E-state index is 0.0286. The van der Waals surface area contributed by atoms with Crippen LogP contribution >= 0.6 is 7.82 Å². The SMILES string of the molecule is CC/C=C\C/C=C\C/C=C\C/C=C\CCCCCCCCCCCCCCCCCCCCCCCCC(=O)OC(COC(=O)CCCCCCCCCCCCCCCCCCC/C=C\CCCCCCCCCC)COP(=O)([O-])OCC[N+](C)(C)C. The Morgan fingerprint density at radius 2 is 0.648 bits per heavy atom. The van der Waals surface area contributed by atoms with Crippen LogP contribution in [-0.4, -0.2) is 70.0 Å². The molecular formula is C78H146NO8P. The number of unbranched alkanes of at least 4 members (excludes halogenated alkanes) is 47. The van der Waals surface area contributed by atoms with Gasteiger partial charge in [0.15, 0.2) is 6.10 Å². The maximum Gasteiger partial charge on any atom is 0.306 e. The van der Waals surface area contributed by atoms with Gasteiger partial charge in [-0.3, -0.25) is 14.2 Å². The van der Waals surface area contributed by atoms with Crippen molar-refractivity contribution in [2.24, 2.45) is 0 Å². The van der Waals surface area contributed by atoms with Crippen molar-refractivity contribution in [2.75, 3.05) is 47.5 Å². The van der Waals surface area contributed by atoms with Crippen molar-refractivity contribution in [3.05, 3.63) is 60.8 Å². The first kappa shape index (κ1) is 85.7. The molecule has 0 saturated carbocycles. The molecule has 0 fully saturated rings. The lowest BCUT2D eigenvalue weighted by atomic mass is 10.0. The third-order valence-corrected chi connectivity index (χ3v) is 18.0. The van der Waals surface area contributed by atoms with Gasteiger partial charge in [-0.15, -0.1) is 0 Å². The largest absolute Gasteiger partial charge is 0.756 e. The van der Waals surface area contributed by atoms with Crippen LogP contribution in [0.5, 0.6) is 0 Å². The molecule has 0 aliphatic carbocycles. The van der Waals surface area contributed by atoms with E-state index in [0.29, 0.717) is 17.4 Å². The van der Waals surface area contributed by atoms with E-state index in [2.05, 4.69) is 74.6 Å². The maximum absolute atomic E-state index is 12.9. The molecule has 0 aromatic rings. The molecule has 9 nitrogen and oxygen atoms in total. The molecule has 10 heteroatoms. The number of carbonyl (C=O) groups excluding carboxylic acids is 2. The summed E-state index contributed by atoms with van der Waals surface area (Å²) in [5, 5.41) is 0. The van der Waals surface area contributed by atoms with Crippen LogP contribution in [0.4, 0.5) is 0 Å². The summed E-state index contributed by atoms with van der Waals surface area (Å²) in [7, 11) is 1.19. The van der Waals surface area contributed by atoms with E-state index in [0.717, 1.165) is 57.8 Å². The number of allylic oxidation sites excluding steroid dienone is 10. The molecule has 0 heterocycles. The third-order valence-electron chi connectivity index (χ3n) is 17.0. The van der Waals surface area contributed by atoms with Gasteiger partial charge in [0, 0.05) is 12.8 Å². The van der Waals surface area contributed by atoms with E-state index in [1.165, 1.54) is 283 Å². The molecule has 0 bridgehead atoms. The number of hydrogen-bond donors (Lipinski definition) is 0. The molecule has 0 aliphatic heterocycles. The van der Waals surface area contributed by atoms with E-state index in [-0.39, 0.29) is 32.0 Å². The van der Waals surface area contributed by atoms with E-state index in [4.69, 9.17) is 18.5 Å². The minimum atomic E-state index is -4.64. The summed E-state index contributed by atoms with van der Waals surface area (Å²) in [5.74, 6) is -0.812. The summed E-state index contributed by atoms with van der Waals surface area (Å²) >= 11 is 0. The molecule has 88 heavy (non-hydrogen) atoms. The van der Waals surface area contributed by atoms with Gasteiger partial charge in [0.25, 0.3) is 7.82 Å². The fraction of sp³-hybridized carbons (Fsp3) is 0.846. The highest BCUT2D eigenvalue weighted by molar-refractivity contribution is 7.45. The van der Waals surface area contributed by atoms with Gasteiger partial charge < -0.3 is 27.9 Å². The number of carbonyl (C=O) groups is 2. The minimum Gasteiger partial charge on any atom is -0.756 e. The van der Waals surface area contributed by atoms with Crippen LogP contribution in [0.3, 0.4) is 0 Å². The number of phosphoric ester groups is 1. The van der Waals surface area contributed by atoms with Crippen molar-refractivity contribution < 1.29 is 42.1 Å². The fourth-order valence-electron chi connectivity index (χ4n) is 11.2. The number of nitrogens with zero attached hydrogens (tertiary/aromatic N) is 1. The van der Waals surface area contributed by atoms with Crippen molar-refractivity contribution in [3.8, 4) is 0 Å². The number of rotatable bonds is 71. The van der Waals surface area contributed by atoms with Gasteiger partial charge in [-0.1, -0.05) is 344 Å². The van der Waals surface area contributed by atoms with Crippen molar-refractivity contribution in [3.63, 3.8) is 0 Å². The van der Waals surface area contributed by atoms with Crippen LogP contribution in [0.15, 0.2) is 60.8 Å². The molecule has 516 valence electrons. The molecular weight excluding hydrogens is 1110 g/mol. The number of esters is 2. The lowest BCUT2D eigenvalue weighted by molar-refractivity contribution is -0.870. The molecule has 0 rings (SSSR count). The predicted molar refractivity (Wildman–Crippen MR) is 379 cm³/mol. The van der Waals surface area contributed by atoms with Crippen LogP contribution in [0, 0.1) is 0 Å². The van der Waals surface area contributed by atoms with Gasteiger partial charge in [0.05, 0.1) is 27.7 Å². The zero-order valence-electron chi connectivity index (χ0n) is 58.9. The highest BCUT2D eigenvalue weighted by Crippen LogP contribution is 2.38. The second-order valence-electron chi connectivity index (χ2n) is 27.0. The van der Waals surface area contributed by atoms with Gasteiger partial charge in [0.1, 0.15) is 19.8 Å². The monoisotopic (exact) mass is 1260 g/mol. The second kappa shape index (κ2) is 69.1. The highest BCUT2D eigenvalue weighted by Gasteiger charge is 2.22. The van der Waals surface area contributed by atoms with E-state index in [1.807, 2.05) is 21.1 Å². The Balaban J connectivity index is 3.94. The Hall–Kier alpha value is -2.29. The summed E-state index contributed by atoms with van der Waals surface area (Å²) in [5.41, 5.74) is 0. The van der Waals surface area contributed by atoms with Crippen LogP contribution in [-0.2, 0) is 32.7 Å². The normalized spacial score (nSPS) is 13.4.